The summed E-state index contributed by atoms with van der Waals surface area (Å²) in [6.45, 7) is 3.69. The summed E-state index contributed by atoms with van der Waals surface area (Å²) in [6, 6.07) is 28.5. The molecule has 0 radical (unpaired) electrons. The Balaban J connectivity index is 1.39. The first kappa shape index (κ1) is 27.4. The number of hydrazine groups is 1. The lowest BCUT2D eigenvalue weighted by Crippen LogP contribution is -2.74. The zero-order valence-electron chi connectivity index (χ0n) is 23.0. The summed E-state index contributed by atoms with van der Waals surface area (Å²) in [5.74, 6) is -0.241. The highest BCUT2D eigenvalue weighted by Crippen LogP contribution is 2.35. The lowest BCUT2D eigenvalue weighted by molar-refractivity contribution is -0.190. The molecule has 2 saturated heterocycles. The molecule has 0 saturated carbocycles. The Bertz CT molecular complexity index is 1290. The van der Waals surface area contributed by atoms with E-state index < -0.39 is 12.2 Å². The largest absolute Gasteiger partial charge is 0.337 e. The number of hydrogen-bond donors (Lipinski definition) is 1. The van der Waals surface area contributed by atoms with Gasteiger partial charge in [0.2, 0.25) is 11.8 Å². The van der Waals surface area contributed by atoms with Gasteiger partial charge in [0, 0.05) is 19.6 Å². The summed E-state index contributed by atoms with van der Waals surface area (Å²) in [5, 5.41) is 6.48. The molecule has 0 spiro atoms. The molecule has 3 aromatic carbocycles. The number of fused-ring (bicyclic) bond motifs is 1. The van der Waals surface area contributed by atoms with Crippen LogP contribution in [-0.4, -0.2) is 70.0 Å². The van der Waals surface area contributed by atoms with Gasteiger partial charge in [-0.2, -0.15) is 0 Å². The lowest BCUT2D eigenvalue weighted by Gasteiger charge is -2.55. The number of carbonyl (C=O) groups excluding carboxylic acids is 3. The molecule has 208 valence electrons. The maximum Gasteiger partial charge on any atom is 0.334 e. The molecule has 2 aliphatic rings. The second kappa shape index (κ2) is 12.8. The number of amides is 4. The number of benzene rings is 3. The van der Waals surface area contributed by atoms with Crippen LogP contribution in [0.4, 0.5) is 4.79 Å². The number of nitrogens with zero attached hydrogens (tertiary/aromatic N) is 4. The summed E-state index contributed by atoms with van der Waals surface area (Å²) >= 11 is 0. The third-order valence-corrected chi connectivity index (χ3v) is 7.68. The molecule has 3 aromatic rings. The highest BCUT2D eigenvalue weighted by Gasteiger charge is 2.51. The van der Waals surface area contributed by atoms with Crippen molar-refractivity contribution in [3.8, 4) is 0 Å². The van der Waals surface area contributed by atoms with Gasteiger partial charge in [-0.3, -0.25) is 9.59 Å². The van der Waals surface area contributed by atoms with Crippen LogP contribution in [0.2, 0.25) is 0 Å². The molecular formula is C32H37N5O3. The standard InChI is InChI=1S/C32H37N5O3/c1-2-35-24-29(38)36-28(37(35)32(40)33-22-26-17-8-4-9-18-26)23-34(21-13-12-16-25-14-6-3-7-15-25)31(39)30(36)27-19-10-5-11-20-27/h3-11,14-15,17-20,28,30H,2,12-13,16,21-24H2,1H3,(H,33,40)/t28-,30-/m0/s1. The van der Waals surface area contributed by atoms with Gasteiger partial charge in [0.15, 0.2) is 0 Å². The van der Waals surface area contributed by atoms with E-state index in [9.17, 15) is 14.4 Å². The smallest absolute Gasteiger partial charge is 0.334 e. The number of hydrogen-bond acceptors (Lipinski definition) is 4. The molecule has 4 amide bonds. The molecular weight excluding hydrogens is 502 g/mol. The topological polar surface area (TPSA) is 76.2 Å². The zero-order chi connectivity index (χ0) is 27.9. The Labute approximate surface area is 236 Å². The van der Waals surface area contributed by atoms with Crippen LogP contribution < -0.4 is 5.32 Å². The fourth-order valence-electron chi connectivity index (χ4n) is 5.65. The van der Waals surface area contributed by atoms with E-state index in [-0.39, 0.29) is 30.9 Å². The Kier molecular flexibility index (Phi) is 8.76. The number of unbranched alkanes of at least 4 members (excludes halogenated alkanes) is 1. The third kappa shape index (κ3) is 6.02. The lowest BCUT2D eigenvalue weighted by atomic mass is 9.98. The van der Waals surface area contributed by atoms with Crippen molar-refractivity contribution >= 4 is 17.8 Å². The van der Waals surface area contributed by atoms with E-state index >= 15 is 0 Å². The van der Waals surface area contributed by atoms with E-state index in [0.29, 0.717) is 19.6 Å². The van der Waals surface area contributed by atoms with Gasteiger partial charge in [-0.05, 0) is 36.0 Å². The average Bonchev–Trinajstić information content (AvgIpc) is 3.00. The first-order valence-corrected chi connectivity index (χ1v) is 14.1. The highest BCUT2D eigenvalue weighted by molar-refractivity contribution is 5.92. The van der Waals surface area contributed by atoms with Gasteiger partial charge in [-0.15, -0.1) is 0 Å². The molecule has 40 heavy (non-hydrogen) atoms. The molecule has 0 unspecified atom stereocenters. The SMILES string of the molecule is CCN1CC(=O)N2[C@@H](c3ccccc3)C(=O)N(CCCCc3ccccc3)C[C@@H]2N1C(=O)NCc1ccccc1. The summed E-state index contributed by atoms with van der Waals surface area (Å²) in [5.41, 5.74) is 3.03. The number of likely N-dealkylation sites (N-methyl/N-ethyl adjacent to an activating group) is 1. The molecule has 8 nitrogen and oxygen atoms in total. The second-order valence-corrected chi connectivity index (χ2v) is 10.3. The van der Waals surface area contributed by atoms with Crippen molar-refractivity contribution in [2.45, 2.75) is 44.9 Å². The molecule has 2 fully saturated rings. The van der Waals surface area contributed by atoms with Crippen molar-refractivity contribution < 1.29 is 14.4 Å². The summed E-state index contributed by atoms with van der Waals surface area (Å²) < 4.78 is 0. The normalized spacial score (nSPS) is 19.5. The van der Waals surface area contributed by atoms with E-state index in [2.05, 4.69) is 17.4 Å². The van der Waals surface area contributed by atoms with E-state index in [1.807, 2.05) is 90.7 Å². The first-order chi connectivity index (χ1) is 19.6. The van der Waals surface area contributed by atoms with Crippen LogP contribution in [0.3, 0.4) is 0 Å². The Hall–Kier alpha value is -4.17. The van der Waals surface area contributed by atoms with Gasteiger partial charge in [-0.1, -0.05) is 97.9 Å². The molecule has 0 aromatic heterocycles. The van der Waals surface area contributed by atoms with E-state index in [1.54, 1.807) is 14.9 Å². The van der Waals surface area contributed by atoms with Gasteiger partial charge in [-0.25, -0.2) is 14.8 Å². The maximum absolute atomic E-state index is 13.9. The average molecular weight is 540 g/mol. The fourth-order valence-corrected chi connectivity index (χ4v) is 5.65. The van der Waals surface area contributed by atoms with Gasteiger partial charge < -0.3 is 15.1 Å². The molecule has 5 rings (SSSR count). The van der Waals surface area contributed by atoms with Crippen molar-refractivity contribution in [3.63, 3.8) is 0 Å². The van der Waals surface area contributed by atoms with Crippen molar-refractivity contribution in [1.82, 2.24) is 25.1 Å². The predicted molar refractivity (Wildman–Crippen MR) is 154 cm³/mol. The highest BCUT2D eigenvalue weighted by atomic mass is 16.2. The van der Waals surface area contributed by atoms with Crippen LogP contribution in [0.1, 0.15) is 42.5 Å². The van der Waals surface area contributed by atoms with E-state index in [1.165, 1.54) is 5.56 Å². The number of rotatable bonds is 9. The first-order valence-electron chi connectivity index (χ1n) is 14.1. The van der Waals surface area contributed by atoms with Crippen LogP contribution in [0.15, 0.2) is 91.0 Å². The molecule has 1 N–H and O–H groups in total. The monoisotopic (exact) mass is 539 g/mol. The van der Waals surface area contributed by atoms with Crippen molar-refractivity contribution in [2.24, 2.45) is 0 Å². The molecule has 2 aliphatic heterocycles. The van der Waals surface area contributed by atoms with Gasteiger partial charge in [0.25, 0.3) is 0 Å². The number of aryl methyl sites for hydroxylation is 1. The minimum absolute atomic E-state index is 0.0411. The van der Waals surface area contributed by atoms with Crippen LogP contribution in [0.5, 0.6) is 0 Å². The Morgan fingerprint density at radius 3 is 2.12 bits per heavy atom. The number of urea groups is 1. The maximum atomic E-state index is 13.9. The third-order valence-electron chi connectivity index (χ3n) is 7.68. The minimum Gasteiger partial charge on any atom is -0.337 e. The van der Waals surface area contributed by atoms with E-state index in [0.717, 1.165) is 30.4 Å². The van der Waals surface area contributed by atoms with Crippen LogP contribution in [0.25, 0.3) is 0 Å². The minimum atomic E-state index is -0.773. The van der Waals surface area contributed by atoms with Crippen LogP contribution in [-0.2, 0) is 22.6 Å². The summed E-state index contributed by atoms with van der Waals surface area (Å²) in [4.78, 5) is 44.6. The van der Waals surface area contributed by atoms with Crippen molar-refractivity contribution in [3.05, 3.63) is 108 Å². The number of piperazine rings is 1. The second-order valence-electron chi connectivity index (χ2n) is 10.3. The summed E-state index contributed by atoms with van der Waals surface area (Å²) in [6.07, 6.45) is 2.12. The zero-order valence-corrected chi connectivity index (χ0v) is 23.0. The van der Waals surface area contributed by atoms with Gasteiger partial charge in [0.05, 0.1) is 13.1 Å². The molecule has 0 bridgehead atoms. The molecule has 0 aliphatic carbocycles. The molecule has 2 atom stereocenters. The Morgan fingerprint density at radius 2 is 1.48 bits per heavy atom. The number of carbonyl (C=O) groups is 3. The number of nitrogens with one attached hydrogen (secondary N) is 1. The summed E-state index contributed by atoms with van der Waals surface area (Å²) in [7, 11) is 0. The van der Waals surface area contributed by atoms with E-state index in [4.69, 9.17) is 0 Å². The quantitative estimate of drug-likeness (QED) is 0.414. The van der Waals surface area contributed by atoms with Crippen molar-refractivity contribution in [2.75, 3.05) is 26.2 Å². The predicted octanol–water partition coefficient (Wildman–Crippen LogP) is 4.21. The Morgan fingerprint density at radius 1 is 0.850 bits per heavy atom. The fraction of sp³-hybridized carbons (Fsp3) is 0.344. The van der Waals surface area contributed by atoms with Gasteiger partial charge >= 0.3 is 6.03 Å². The molecule has 2 heterocycles. The molecule has 8 heteroatoms. The van der Waals surface area contributed by atoms with Crippen molar-refractivity contribution in [1.29, 1.82) is 0 Å². The van der Waals surface area contributed by atoms with Crippen LogP contribution >= 0.6 is 0 Å². The van der Waals surface area contributed by atoms with Gasteiger partial charge in [0.1, 0.15) is 12.2 Å². The van der Waals surface area contributed by atoms with Crippen LogP contribution in [0, 0.1) is 0 Å².